The summed E-state index contributed by atoms with van der Waals surface area (Å²) >= 11 is 1.74. The first-order valence-electron chi connectivity index (χ1n) is 9.41. The highest BCUT2D eigenvalue weighted by Crippen LogP contribution is 2.30. The lowest BCUT2D eigenvalue weighted by atomic mass is 10.2. The van der Waals surface area contributed by atoms with Gasteiger partial charge in [0.15, 0.2) is 0 Å². The Balaban J connectivity index is 1.70. The topological polar surface area (TPSA) is 57.4 Å². The van der Waals surface area contributed by atoms with Gasteiger partial charge in [-0.05, 0) is 78.2 Å². The van der Waals surface area contributed by atoms with Crippen molar-refractivity contribution in [3.63, 3.8) is 0 Å². The largest absolute Gasteiger partial charge is 0.355 e. The van der Waals surface area contributed by atoms with Gasteiger partial charge in [-0.3, -0.25) is 0 Å². The van der Waals surface area contributed by atoms with Crippen LogP contribution < -0.4 is 0 Å². The molecule has 0 amide bonds. The van der Waals surface area contributed by atoms with Crippen molar-refractivity contribution < 1.29 is 0 Å². The first-order chi connectivity index (χ1) is 14.3. The van der Waals surface area contributed by atoms with Crippen molar-refractivity contribution in [3.05, 3.63) is 82.8 Å². The lowest BCUT2D eigenvalue weighted by Crippen LogP contribution is -1.77. The lowest BCUT2D eigenvalue weighted by molar-refractivity contribution is 1.28. The number of nitrogens with zero attached hydrogens (tertiary/aromatic N) is 2. The van der Waals surface area contributed by atoms with E-state index in [1.807, 2.05) is 30.4 Å². The molecule has 4 aromatic heterocycles. The number of aromatic amines is 2. The van der Waals surface area contributed by atoms with Gasteiger partial charge in [0.05, 0.1) is 22.8 Å². The zero-order valence-corrected chi connectivity index (χ0v) is 16.2. The molecular formula is C24H16N4S. The van der Waals surface area contributed by atoms with Gasteiger partial charge >= 0.3 is 0 Å². The van der Waals surface area contributed by atoms with Crippen LogP contribution in [-0.4, -0.2) is 19.9 Å². The Labute approximate surface area is 171 Å². The molecule has 6 rings (SSSR count). The van der Waals surface area contributed by atoms with E-state index in [1.54, 1.807) is 11.3 Å². The standard InChI is InChI=1S/C24H16N4S/c1-2-24(29-9-1)22-13-21-12-19-6-5-17(26-19)10-15-3-4-16(25-15)11-18-7-8-20(27-18)14-23(22)28-21/h1-14,26,28H. The van der Waals surface area contributed by atoms with Crippen LogP contribution in [0.25, 0.3) is 56.8 Å². The second kappa shape index (κ2) is 6.43. The molecule has 0 saturated heterocycles. The third-order valence-electron chi connectivity index (χ3n) is 4.96. The van der Waals surface area contributed by atoms with E-state index >= 15 is 0 Å². The predicted octanol–water partition coefficient (Wildman–Crippen LogP) is 6.38. The van der Waals surface area contributed by atoms with Crippen LogP contribution >= 0.6 is 11.3 Å². The predicted molar refractivity (Wildman–Crippen MR) is 122 cm³/mol. The van der Waals surface area contributed by atoms with Gasteiger partial charge in [0.2, 0.25) is 0 Å². The summed E-state index contributed by atoms with van der Waals surface area (Å²) in [5, 5.41) is 2.10. The van der Waals surface area contributed by atoms with Crippen LogP contribution in [0.5, 0.6) is 0 Å². The van der Waals surface area contributed by atoms with Crippen molar-refractivity contribution in [2.45, 2.75) is 0 Å². The van der Waals surface area contributed by atoms with Crippen molar-refractivity contribution in [3.8, 4) is 10.4 Å². The van der Waals surface area contributed by atoms with Gasteiger partial charge in [-0.25, -0.2) is 9.97 Å². The number of fused-ring (bicyclic) bond motifs is 8. The number of hydrogen-bond donors (Lipinski definition) is 2. The van der Waals surface area contributed by atoms with Crippen LogP contribution in [-0.2, 0) is 0 Å². The van der Waals surface area contributed by atoms with Gasteiger partial charge in [0, 0.05) is 32.5 Å². The molecule has 138 valence electrons. The molecule has 4 nitrogen and oxygen atoms in total. The molecule has 0 aliphatic carbocycles. The van der Waals surface area contributed by atoms with E-state index in [2.05, 4.69) is 68.9 Å². The highest BCUT2D eigenvalue weighted by Gasteiger charge is 2.07. The fourth-order valence-electron chi connectivity index (χ4n) is 3.65. The molecule has 0 atom stereocenters. The molecule has 8 bridgehead atoms. The van der Waals surface area contributed by atoms with Gasteiger partial charge in [0.1, 0.15) is 0 Å². The van der Waals surface area contributed by atoms with Gasteiger partial charge in [0.25, 0.3) is 0 Å². The number of nitrogens with one attached hydrogen (secondary N) is 2. The maximum absolute atomic E-state index is 4.75. The van der Waals surface area contributed by atoms with E-state index in [0.717, 1.165) is 44.8 Å². The summed E-state index contributed by atoms with van der Waals surface area (Å²) in [6.07, 6.45) is 8.11. The van der Waals surface area contributed by atoms with Crippen molar-refractivity contribution in [1.82, 2.24) is 19.9 Å². The van der Waals surface area contributed by atoms with Crippen LogP contribution in [0.2, 0.25) is 0 Å². The van der Waals surface area contributed by atoms with Gasteiger partial charge in [-0.15, -0.1) is 11.3 Å². The SMILES string of the molecule is C1=Cc2cc3ccc(cc4cc(-c5cccs5)c(cc5nc(cc1n2)C=C5)[nH]4)[nH]3. The molecule has 2 aliphatic rings. The molecule has 2 N–H and O–H groups in total. The van der Waals surface area contributed by atoms with Crippen molar-refractivity contribution in [1.29, 1.82) is 0 Å². The van der Waals surface area contributed by atoms with E-state index in [9.17, 15) is 0 Å². The zero-order valence-electron chi connectivity index (χ0n) is 15.4. The molecule has 0 fully saturated rings. The number of thiophene rings is 1. The molecule has 0 saturated carbocycles. The molecular weight excluding hydrogens is 376 g/mol. The number of H-pyrrole nitrogens is 2. The van der Waals surface area contributed by atoms with Gasteiger partial charge in [-0.1, -0.05) is 6.07 Å². The van der Waals surface area contributed by atoms with E-state index in [-0.39, 0.29) is 0 Å². The van der Waals surface area contributed by atoms with Crippen LogP contribution in [0, 0.1) is 0 Å². The Bertz CT molecular complexity index is 1450. The van der Waals surface area contributed by atoms with Crippen molar-refractivity contribution >= 4 is 57.7 Å². The molecule has 0 radical (unpaired) electrons. The smallest absolute Gasteiger partial charge is 0.0659 e. The minimum atomic E-state index is 0.908. The molecule has 2 aliphatic heterocycles. The van der Waals surface area contributed by atoms with Crippen molar-refractivity contribution in [2.75, 3.05) is 0 Å². The summed E-state index contributed by atoms with van der Waals surface area (Å²) in [5.41, 5.74) is 9.03. The summed E-state index contributed by atoms with van der Waals surface area (Å²) in [6, 6.07) is 18.9. The first-order valence-corrected chi connectivity index (χ1v) is 10.3. The highest BCUT2D eigenvalue weighted by molar-refractivity contribution is 7.13. The summed E-state index contributed by atoms with van der Waals surface area (Å²) in [5.74, 6) is 0. The monoisotopic (exact) mass is 392 g/mol. The Morgan fingerprint density at radius 2 is 1.31 bits per heavy atom. The minimum absolute atomic E-state index is 0.908. The van der Waals surface area contributed by atoms with E-state index in [4.69, 9.17) is 4.98 Å². The van der Waals surface area contributed by atoms with Crippen LogP contribution in [0.1, 0.15) is 22.8 Å². The third-order valence-corrected chi connectivity index (χ3v) is 5.86. The average Bonchev–Trinajstić information content (AvgIpc) is 3.50. The maximum atomic E-state index is 4.75. The van der Waals surface area contributed by atoms with Crippen molar-refractivity contribution in [2.24, 2.45) is 0 Å². The molecule has 6 heterocycles. The van der Waals surface area contributed by atoms with Gasteiger partial charge < -0.3 is 9.97 Å². The maximum Gasteiger partial charge on any atom is 0.0659 e. The Morgan fingerprint density at radius 1 is 0.621 bits per heavy atom. The highest BCUT2D eigenvalue weighted by atomic mass is 32.1. The molecule has 0 aromatic carbocycles. The molecule has 29 heavy (non-hydrogen) atoms. The van der Waals surface area contributed by atoms with E-state index < -0.39 is 0 Å². The summed E-state index contributed by atoms with van der Waals surface area (Å²) in [7, 11) is 0. The number of aromatic nitrogens is 4. The minimum Gasteiger partial charge on any atom is -0.355 e. The molecule has 0 unspecified atom stereocenters. The number of hydrogen-bond acceptors (Lipinski definition) is 3. The van der Waals surface area contributed by atoms with Crippen LogP contribution in [0.15, 0.2) is 60.0 Å². The fourth-order valence-corrected chi connectivity index (χ4v) is 4.41. The summed E-state index contributed by atoms with van der Waals surface area (Å²) < 4.78 is 0. The molecule has 5 heteroatoms. The molecule has 4 aromatic rings. The summed E-state index contributed by atoms with van der Waals surface area (Å²) in [4.78, 5) is 17.6. The van der Waals surface area contributed by atoms with Crippen LogP contribution in [0.4, 0.5) is 0 Å². The normalized spacial score (nSPS) is 12.6. The third kappa shape index (κ3) is 3.11. The average molecular weight is 392 g/mol. The second-order valence-corrected chi connectivity index (χ2v) is 8.01. The Kier molecular flexibility index (Phi) is 3.61. The van der Waals surface area contributed by atoms with Gasteiger partial charge in [-0.2, -0.15) is 0 Å². The zero-order chi connectivity index (χ0) is 19.2. The second-order valence-electron chi connectivity index (χ2n) is 7.07. The molecule has 0 spiro atoms. The lowest BCUT2D eigenvalue weighted by Gasteiger charge is -1.92. The van der Waals surface area contributed by atoms with E-state index in [1.165, 1.54) is 10.4 Å². The fraction of sp³-hybridized carbons (Fsp3) is 0. The first kappa shape index (κ1) is 16.3. The van der Waals surface area contributed by atoms with Crippen LogP contribution in [0.3, 0.4) is 0 Å². The Morgan fingerprint density at radius 3 is 2.03 bits per heavy atom. The Hall–Kier alpha value is -3.70. The quantitative estimate of drug-likeness (QED) is 0.341. The van der Waals surface area contributed by atoms with E-state index in [0.29, 0.717) is 0 Å². The summed E-state index contributed by atoms with van der Waals surface area (Å²) in [6.45, 7) is 0. The number of rotatable bonds is 1.